The van der Waals surface area contributed by atoms with Crippen LogP contribution in [0.4, 0.5) is 0 Å². The molecule has 0 saturated heterocycles. The summed E-state index contributed by atoms with van der Waals surface area (Å²) in [5.41, 5.74) is 3.32. The first kappa shape index (κ1) is 33.4. The molecule has 1 aliphatic carbocycles. The van der Waals surface area contributed by atoms with Crippen LogP contribution in [0.15, 0.2) is 78.9 Å². The SMILES string of the molecule is CCN(C(=O)c1ccccc1CC(O)CCc1ccccc1C(=O)N(CCO)C1(CC)CCCC1)C(C)(C)c1ccccc1. The van der Waals surface area contributed by atoms with Gasteiger partial charge in [-0.15, -0.1) is 0 Å². The van der Waals surface area contributed by atoms with Gasteiger partial charge in [-0.3, -0.25) is 9.59 Å². The van der Waals surface area contributed by atoms with Crippen LogP contribution < -0.4 is 0 Å². The van der Waals surface area contributed by atoms with Crippen LogP contribution in [0.3, 0.4) is 0 Å². The molecule has 6 heteroatoms. The highest BCUT2D eigenvalue weighted by Gasteiger charge is 2.41. The van der Waals surface area contributed by atoms with E-state index in [0.29, 0.717) is 43.5 Å². The Morgan fingerprint density at radius 3 is 2.00 bits per heavy atom. The second-order valence-electron chi connectivity index (χ2n) is 12.7. The second-order valence-corrected chi connectivity index (χ2v) is 12.7. The third kappa shape index (κ3) is 7.24. The maximum atomic E-state index is 14.0. The average molecular weight is 599 g/mol. The fourth-order valence-electron chi connectivity index (χ4n) is 7.12. The molecule has 0 radical (unpaired) electrons. The van der Waals surface area contributed by atoms with Crippen molar-refractivity contribution in [3.63, 3.8) is 0 Å². The van der Waals surface area contributed by atoms with Crippen LogP contribution in [0.1, 0.15) is 104 Å². The zero-order valence-corrected chi connectivity index (χ0v) is 27.0. The lowest BCUT2D eigenvalue weighted by Gasteiger charge is -2.41. The van der Waals surface area contributed by atoms with Crippen molar-refractivity contribution in [3.8, 4) is 0 Å². The first-order chi connectivity index (χ1) is 21.2. The van der Waals surface area contributed by atoms with Crippen molar-refractivity contribution in [1.82, 2.24) is 9.80 Å². The van der Waals surface area contributed by atoms with Crippen LogP contribution in [0.2, 0.25) is 0 Å². The van der Waals surface area contributed by atoms with Gasteiger partial charge in [-0.05, 0) is 88.1 Å². The Bertz CT molecular complexity index is 1380. The molecule has 1 atom stereocenters. The zero-order chi connectivity index (χ0) is 31.7. The summed E-state index contributed by atoms with van der Waals surface area (Å²) >= 11 is 0. The Morgan fingerprint density at radius 1 is 0.841 bits per heavy atom. The first-order valence-corrected chi connectivity index (χ1v) is 16.3. The highest BCUT2D eigenvalue weighted by Crippen LogP contribution is 2.39. The summed E-state index contributed by atoms with van der Waals surface area (Å²) < 4.78 is 0. The van der Waals surface area contributed by atoms with Gasteiger partial charge in [0.25, 0.3) is 11.8 Å². The lowest BCUT2D eigenvalue weighted by atomic mass is 9.89. The van der Waals surface area contributed by atoms with Crippen molar-refractivity contribution >= 4 is 11.8 Å². The van der Waals surface area contributed by atoms with Crippen LogP contribution in [0.5, 0.6) is 0 Å². The summed E-state index contributed by atoms with van der Waals surface area (Å²) in [6.45, 7) is 9.07. The van der Waals surface area contributed by atoms with E-state index in [1.54, 1.807) is 0 Å². The number of amides is 2. The van der Waals surface area contributed by atoms with E-state index < -0.39 is 11.6 Å². The van der Waals surface area contributed by atoms with E-state index in [-0.39, 0.29) is 24.0 Å². The van der Waals surface area contributed by atoms with Gasteiger partial charge in [0.1, 0.15) is 0 Å². The lowest BCUT2D eigenvalue weighted by molar-refractivity contribution is 0.0397. The Labute approximate surface area is 263 Å². The van der Waals surface area contributed by atoms with E-state index in [2.05, 4.69) is 20.8 Å². The number of benzene rings is 3. The van der Waals surface area contributed by atoms with Crippen molar-refractivity contribution in [2.75, 3.05) is 19.7 Å². The maximum absolute atomic E-state index is 14.0. The van der Waals surface area contributed by atoms with Crippen LogP contribution in [0, 0.1) is 0 Å². The molecule has 2 amide bonds. The lowest BCUT2D eigenvalue weighted by Crippen LogP contribution is -2.51. The van der Waals surface area contributed by atoms with Gasteiger partial charge in [-0.1, -0.05) is 86.5 Å². The van der Waals surface area contributed by atoms with E-state index in [9.17, 15) is 19.8 Å². The molecular weight excluding hydrogens is 548 g/mol. The van der Waals surface area contributed by atoms with Crippen molar-refractivity contribution in [1.29, 1.82) is 0 Å². The van der Waals surface area contributed by atoms with Gasteiger partial charge in [0, 0.05) is 29.8 Å². The number of β-amino-alcohol motifs (C(OH)–C–C–N with tert-alkyl or cyclic N) is 1. The van der Waals surface area contributed by atoms with E-state index in [4.69, 9.17) is 0 Å². The summed E-state index contributed by atoms with van der Waals surface area (Å²) in [6.07, 6.45) is 5.65. The summed E-state index contributed by atoms with van der Waals surface area (Å²) in [6, 6.07) is 25.3. The number of carbonyl (C=O) groups excluding carboxylic acids is 2. The molecule has 3 aromatic rings. The molecule has 1 fully saturated rings. The summed E-state index contributed by atoms with van der Waals surface area (Å²) in [7, 11) is 0. The number of rotatable bonds is 14. The molecule has 6 nitrogen and oxygen atoms in total. The van der Waals surface area contributed by atoms with Gasteiger partial charge >= 0.3 is 0 Å². The van der Waals surface area contributed by atoms with E-state index >= 15 is 0 Å². The minimum Gasteiger partial charge on any atom is -0.395 e. The first-order valence-electron chi connectivity index (χ1n) is 16.3. The monoisotopic (exact) mass is 598 g/mol. The highest BCUT2D eigenvalue weighted by atomic mass is 16.3. The Morgan fingerprint density at radius 2 is 1.41 bits per heavy atom. The quantitative estimate of drug-likeness (QED) is 0.214. The number of hydrogen-bond donors (Lipinski definition) is 2. The predicted molar refractivity (Wildman–Crippen MR) is 177 cm³/mol. The molecule has 1 unspecified atom stereocenters. The van der Waals surface area contributed by atoms with Gasteiger partial charge in [0.15, 0.2) is 0 Å². The van der Waals surface area contributed by atoms with E-state index in [0.717, 1.165) is 48.8 Å². The fraction of sp³-hybridized carbons (Fsp3) is 0.474. The highest BCUT2D eigenvalue weighted by molar-refractivity contribution is 5.97. The molecule has 0 aliphatic heterocycles. The molecule has 1 saturated carbocycles. The third-order valence-corrected chi connectivity index (χ3v) is 9.75. The van der Waals surface area contributed by atoms with E-state index in [1.165, 1.54) is 0 Å². The van der Waals surface area contributed by atoms with Crippen LogP contribution >= 0.6 is 0 Å². The smallest absolute Gasteiger partial charge is 0.254 e. The summed E-state index contributed by atoms with van der Waals surface area (Å²) in [4.78, 5) is 31.7. The minimum absolute atomic E-state index is 0.0375. The molecule has 2 N–H and O–H groups in total. The summed E-state index contributed by atoms with van der Waals surface area (Å²) in [5, 5.41) is 21.1. The Balaban J connectivity index is 1.49. The van der Waals surface area contributed by atoms with Crippen molar-refractivity contribution in [2.24, 2.45) is 0 Å². The van der Waals surface area contributed by atoms with Gasteiger partial charge in [-0.2, -0.15) is 0 Å². The van der Waals surface area contributed by atoms with Crippen LogP contribution in [-0.4, -0.2) is 63.2 Å². The van der Waals surface area contributed by atoms with Gasteiger partial charge < -0.3 is 20.0 Å². The molecule has 4 rings (SSSR count). The third-order valence-electron chi connectivity index (χ3n) is 9.75. The number of aryl methyl sites for hydroxylation is 1. The van der Waals surface area contributed by atoms with Crippen molar-refractivity contribution < 1.29 is 19.8 Å². The van der Waals surface area contributed by atoms with Crippen LogP contribution in [-0.2, 0) is 18.4 Å². The van der Waals surface area contributed by atoms with Gasteiger partial charge in [-0.25, -0.2) is 0 Å². The number of carbonyl (C=O) groups is 2. The molecule has 0 aromatic heterocycles. The molecule has 1 aliphatic rings. The number of aliphatic hydroxyl groups is 2. The molecule has 3 aromatic carbocycles. The van der Waals surface area contributed by atoms with Gasteiger partial charge in [0.2, 0.25) is 0 Å². The van der Waals surface area contributed by atoms with E-state index in [1.807, 2.05) is 95.6 Å². The predicted octanol–water partition coefficient (Wildman–Crippen LogP) is 6.78. The zero-order valence-electron chi connectivity index (χ0n) is 27.0. The molecule has 44 heavy (non-hydrogen) atoms. The molecule has 0 heterocycles. The Kier molecular flexibility index (Phi) is 11.4. The number of aliphatic hydroxyl groups excluding tert-OH is 2. The van der Waals surface area contributed by atoms with Gasteiger partial charge in [0.05, 0.1) is 18.2 Å². The molecule has 0 bridgehead atoms. The summed E-state index contributed by atoms with van der Waals surface area (Å²) in [5.74, 6) is -0.0923. The fourth-order valence-corrected chi connectivity index (χ4v) is 7.12. The van der Waals surface area contributed by atoms with Crippen molar-refractivity contribution in [3.05, 3.63) is 107 Å². The van der Waals surface area contributed by atoms with Crippen molar-refractivity contribution in [2.45, 2.75) is 96.2 Å². The molecular formula is C38H50N2O4. The average Bonchev–Trinajstić information content (AvgIpc) is 3.53. The topological polar surface area (TPSA) is 81.1 Å². The maximum Gasteiger partial charge on any atom is 0.254 e. The standard InChI is InChI=1S/C38H50N2O4/c1-5-38(24-14-15-25-38)40(26-27-41)36(44)33-20-12-10-16-29(33)22-23-32(42)28-30-17-11-13-21-34(30)35(43)39(6-2)37(3,4)31-18-8-7-9-19-31/h7-13,16-21,32,41-42H,5-6,14-15,22-28H2,1-4H3. The second kappa shape index (κ2) is 15.0. The van der Waals surface area contributed by atoms with Crippen LogP contribution in [0.25, 0.3) is 0 Å². The number of hydrogen-bond acceptors (Lipinski definition) is 4. The Hall–Kier alpha value is -3.48. The largest absolute Gasteiger partial charge is 0.395 e. The number of nitrogens with zero attached hydrogens (tertiary/aromatic N) is 2. The molecule has 0 spiro atoms. The minimum atomic E-state index is -0.685. The normalized spacial score (nSPS) is 15.1. The molecule has 236 valence electrons.